The van der Waals surface area contributed by atoms with Crippen LogP contribution < -0.4 is 10.6 Å². The van der Waals surface area contributed by atoms with E-state index >= 15 is 0 Å². The van der Waals surface area contributed by atoms with E-state index in [4.69, 9.17) is 10.5 Å². The number of ether oxygens (including phenoxy) is 1. The number of hydrogen-bond acceptors (Lipinski definition) is 8. The zero-order valence-corrected chi connectivity index (χ0v) is 14.0. The summed E-state index contributed by atoms with van der Waals surface area (Å²) >= 11 is 0. The molecule has 1 amide bonds. The number of nitrogen functional groups attached to an aromatic ring is 1. The lowest BCUT2D eigenvalue weighted by Crippen LogP contribution is -2.48. The molecule has 0 bridgehead atoms. The third-order valence-electron chi connectivity index (χ3n) is 4.76. The lowest BCUT2D eigenvalue weighted by Gasteiger charge is -2.34. The molecule has 2 aliphatic heterocycles. The van der Waals surface area contributed by atoms with Crippen LogP contribution >= 0.6 is 0 Å². The van der Waals surface area contributed by atoms with Gasteiger partial charge in [0.2, 0.25) is 5.91 Å². The Balaban J connectivity index is 1.74. The quantitative estimate of drug-likeness (QED) is 0.725. The van der Waals surface area contributed by atoms with Gasteiger partial charge in [0.1, 0.15) is 23.4 Å². The number of β-amino-alcohol motifs (C(OH)–C–C–N with tert-alkyl or cyclic N) is 1. The zero-order chi connectivity index (χ0) is 17.9. The Kier molecular flexibility index (Phi) is 5.01. The fourth-order valence-electron chi connectivity index (χ4n) is 3.31. The number of carbonyl (C=O) groups excluding carboxylic acids is 1. The van der Waals surface area contributed by atoms with Crippen molar-refractivity contribution in [2.24, 2.45) is 5.41 Å². The fraction of sp³-hybridized carbons (Fsp3) is 0.625. The van der Waals surface area contributed by atoms with E-state index in [1.165, 1.54) is 6.33 Å². The molecule has 3 rings (SSSR count). The van der Waals surface area contributed by atoms with Gasteiger partial charge >= 0.3 is 0 Å². The first-order valence-corrected chi connectivity index (χ1v) is 8.33. The highest BCUT2D eigenvalue weighted by Crippen LogP contribution is 2.32. The summed E-state index contributed by atoms with van der Waals surface area (Å²) < 4.78 is 5.29. The maximum Gasteiger partial charge on any atom is 0.243 e. The van der Waals surface area contributed by atoms with E-state index in [9.17, 15) is 15.2 Å². The number of aliphatic hydroxyl groups is 1. The SMILES string of the molecule is N#CC1(C(=O)N2CCN(c3cc(N)ncn3)C[C@@H](O)C2)CCOCC1. The third-order valence-corrected chi connectivity index (χ3v) is 4.76. The lowest BCUT2D eigenvalue weighted by molar-refractivity contribution is -0.144. The van der Waals surface area contributed by atoms with Gasteiger partial charge in [-0.1, -0.05) is 0 Å². The van der Waals surface area contributed by atoms with Gasteiger partial charge in [-0.3, -0.25) is 4.79 Å². The third kappa shape index (κ3) is 3.65. The Bertz CT molecular complexity index is 670. The molecule has 1 aromatic rings. The van der Waals surface area contributed by atoms with E-state index in [0.29, 0.717) is 57.3 Å². The number of nitrogens with zero attached hydrogens (tertiary/aromatic N) is 5. The van der Waals surface area contributed by atoms with Crippen molar-refractivity contribution < 1.29 is 14.6 Å². The van der Waals surface area contributed by atoms with Crippen molar-refractivity contribution >= 4 is 17.5 Å². The molecule has 9 heteroatoms. The summed E-state index contributed by atoms with van der Waals surface area (Å²) in [7, 11) is 0. The highest BCUT2D eigenvalue weighted by atomic mass is 16.5. The normalized spacial score (nSPS) is 23.6. The van der Waals surface area contributed by atoms with Crippen LogP contribution in [0.5, 0.6) is 0 Å². The van der Waals surface area contributed by atoms with Crippen LogP contribution in [0.4, 0.5) is 11.6 Å². The summed E-state index contributed by atoms with van der Waals surface area (Å²) in [6.45, 7) is 2.24. The largest absolute Gasteiger partial charge is 0.389 e. The van der Waals surface area contributed by atoms with Crippen LogP contribution in [0, 0.1) is 16.7 Å². The van der Waals surface area contributed by atoms with Crippen LogP contribution in [-0.2, 0) is 9.53 Å². The van der Waals surface area contributed by atoms with E-state index in [0.717, 1.165) is 0 Å². The number of hydrogen-bond donors (Lipinski definition) is 2. The van der Waals surface area contributed by atoms with E-state index in [1.54, 1.807) is 11.0 Å². The monoisotopic (exact) mass is 346 g/mol. The van der Waals surface area contributed by atoms with Gasteiger partial charge in [-0.05, 0) is 12.8 Å². The molecular weight excluding hydrogens is 324 g/mol. The molecule has 3 N–H and O–H groups in total. The van der Waals surface area contributed by atoms with Crippen molar-refractivity contribution in [3.05, 3.63) is 12.4 Å². The number of nitrogens with two attached hydrogens (primary N) is 1. The smallest absolute Gasteiger partial charge is 0.243 e. The summed E-state index contributed by atoms with van der Waals surface area (Å²) in [5, 5.41) is 19.9. The Labute approximate surface area is 146 Å². The minimum atomic E-state index is -1.05. The second-order valence-electron chi connectivity index (χ2n) is 6.46. The molecule has 0 spiro atoms. The highest BCUT2D eigenvalue weighted by molar-refractivity contribution is 5.85. The predicted octanol–water partition coefficient (Wildman–Crippen LogP) is -0.611. The molecule has 2 aliphatic rings. The molecular formula is C16H22N6O3. The van der Waals surface area contributed by atoms with Crippen LogP contribution in [0.15, 0.2) is 12.4 Å². The van der Waals surface area contributed by atoms with Gasteiger partial charge in [0.05, 0.1) is 12.2 Å². The van der Waals surface area contributed by atoms with Gasteiger partial charge in [0, 0.05) is 45.5 Å². The lowest BCUT2D eigenvalue weighted by atomic mass is 9.80. The molecule has 25 heavy (non-hydrogen) atoms. The molecule has 1 atom stereocenters. The van der Waals surface area contributed by atoms with E-state index in [-0.39, 0.29) is 12.5 Å². The molecule has 0 unspecified atom stereocenters. The van der Waals surface area contributed by atoms with Gasteiger partial charge in [0.15, 0.2) is 0 Å². The number of aliphatic hydroxyl groups excluding tert-OH is 1. The number of aromatic nitrogens is 2. The molecule has 3 heterocycles. The molecule has 1 aromatic heterocycles. The zero-order valence-electron chi connectivity index (χ0n) is 14.0. The Morgan fingerprint density at radius 3 is 2.80 bits per heavy atom. The van der Waals surface area contributed by atoms with Crippen molar-refractivity contribution in [2.75, 3.05) is 50.0 Å². The minimum absolute atomic E-state index is 0.195. The second kappa shape index (κ2) is 7.21. The number of nitriles is 1. The first-order valence-electron chi connectivity index (χ1n) is 8.33. The molecule has 0 saturated carbocycles. The maximum absolute atomic E-state index is 13.0. The van der Waals surface area contributed by atoms with E-state index in [2.05, 4.69) is 16.0 Å². The number of amides is 1. The van der Waals surface area contributed by atoms with Gasteiger partial charge < -0.3 is 25.4 Å². The van der Waals surface area contributed by atoms with Crippen molar-refractivity contribution in [3.8, 4) is 6.07 Å². The van der Waals surface area contributed by atoms with Crippen LogP contribution in [-0.4, -0.2) is 71.4 Å². The molecule has 0 aromatic carbocycles. The van der Waals surface area contributed by atoms with E-state index < -0.39 is 11.5 Å². The van der Waals surface area contributed by atoms with Crippen molar-refractivity contribution in [2.45, 2.75) is 18.9 Å². The molecule has 2 fully saturated rings. The molecule has 9 nitrogen and oxygen atoms in total. The Morgan fingerprint density at radius 1 is 1.36 bits per heavy atom. The maximum atomic E-state index is 13.0. The van der Waals surface area contributed by atoms with Gasteiger partial charge in [-0.25, -0.2) is 9.97 Å². The van der Waals surface area contributed by atoms with Crippen LogP contribution in [0.1, 0.15) is 12.8 Å². The first-order chi connectivity index (χ1) is 12.0. The average Bonchev–Trinajstić information content (AvgIpc) is 2.83. The van der Waals surface area contributed by atoms with Crippen molar-refractivity contribution in [1.29, 1.82) is 5.26 Å². The summed E-state index contributed by atoms with van der Waals surface area (Å²) in [5.41, 5.74) is 4.65. The van der Waals surface area contributed by atoms with Crippen LogP contribution in [0.2, 0.25) is 0 Å². The molecule has 134 valence electrons. The van der Waals surface area contributed by atoms with Crippen LogP contribution in [0.25, 0.3) is 0 Å². The highest BCUT2D eigenvalue weighted by Gasteiger charge is 2.44. The van der Waals surface area contributed by atoms with Gasteiger partial charge in [0.25, 0.3) is 0 Å². The minimum Gasteiger partial charge on any atom is -0.389 e. The number of anilines is 2. The molecule has 0 radical (unpaired) electrons. The van der Waals surface area contributed by atoms with Crippen molar-refractivity contribution in [1.82, 2.24) is 14.9 Å². The van der Waals surface area contributed by atoms with E-state index in [1.807, 2.05) is 4.90 Å². The summed E-state index contributed by atoms with van der Waals surface area (Å²) in [5.74, 6) is 0.741. The summed E-state index contributed by atoms with van der Waals surface area (Å²) in [6, 6.07) is 3.83. The summed E-state index contributed by atoms with van der Waals surface area (Å²) in [4.78, 5) is 24.5. The number of carbonyl (C=O) groups is 1. The standard InChI is InChI=1S/C16H22N6O3/c17-10-16(1-5-25-6-2-16)15(24)22-4-3-21(8-12(23)9-22)14-7-13(18)19-11-20-14/h7,11-12,23H,1-6,8-9H2,(H2,18,19,20)/t12-/m1/s1. The second-order valence-corrected chi connectivity index (χ2v) is 6.46. The number of rotatable bonds is 2. The summed E-state index contributed by atoms with van der Waals surface area (Å²) in [6.07, 6.45) is 1.41. The van der Waals surface area contributed by atoms with Gasteiger partial charge in [-0.15, -0.1) is 0 Å². The van der Waals surface area contributed by atoms with Crippen LogP contribution in [0.3, 0.4) is 0 Å². The predicted molar refractivity (Wildman–Crippen MR) is 89.3 cm³/mol. The fourth-order valence-corrected chi connectivity index (χ4v) is 3.31. The topological polar surface area (TPSA) is 129 Å². The van der Waals surface area contributed by atoms with Gasteiger partial charge in [-0.2, -0.15) is 5.26 Å². The average molecular weight is 346 g/mol. The Hall–Kier alpha value is -2.44. The molecule has 0 aliphatic carbocycles. The molecule has 2 saturated heterocycles. The Morgan fingerprint density at radius 2 is 2.12 bits per heavy atom. The van der Waals surface area contributed by atoms with Crippen molar-refractivity contribution in [3.63, 3.8) is 0 Å². The first kappa shape index (κ1) is 17.4.